The lowest BCUT2D eigenvalue weighted by molar-refractivity contribution is 0.415. The third kappa shape index (κ3) is 2.91. The van der Waals surface area contributed by atoms with Crippen LogP contribution in [0, 0.1) is 0 Å². The monoisotopic (exact) mass is 315 g/mol. The minimum absolute atomic E-state index is 0.879. The summed E-state index contributed by atoms with van der Waals surface area (Å²) >= 11 is 0. The summed E-state index contributed by atoms with van der Waals surface area (Å²) in [6.07, 6.45) is 0. The van der Waals surface area contributed by atoms with Gasteiger partial charge in [0.15, 0.2) is 10.3 Å². The first-order valence-corrected chi connectivity index (χ1v) is 8.68. The molecule has 3 rings (SSSR count). The molecule has 4 heteroatoms. The van der Waals surface area contributed by atoms with Crippen LogP contribution in [0.5, 0.6) is 11.5 Å². The summed E-state index contributed by atoms with van der Waals surface area (Å²) in [4.78, 5) is 2.48. The second kappa shape index (κ2) is 6.24. The van der Waals surface area contributed by atoms with Crippen molar-refractivity contribution in [3.8, 4) is 32.4 Å². The third-order valence-corrected chi connectivity index (χ3v) is 5.69. The van der Waals surface area contributed by atoms with Crippen molar-refractivity contribution in [1.29, 1.82) is 0 Å². The van der Waals surface area contributed by atoms with Crippen LogP contribution in [0.2, 0.25) is 0 Å². The van der Waals surface area contributed by atoms with Crippen LogP contribution >= 0.6 is 20.7 Å². The molecule has 0 aliphatic heterocycles. The highest BCUT2D eigenvalue weighted by Gasteiger charge is 2.19. The van der Waals surface area contributed by atoms with Crippen LogP contribution in [0.3, 0.4) is 0 Å². The Morgan fingerprint density at radius 1 is 0.905 bits per heavy atom. The van der Waals surface area contributed by atoms with Crippen LogP contribution in [0.25, 0.3) is 20.9 Å². The molecular weight excluding hydrogens is 300 g/mol. The predicted octanol–water partition coefficient (Wildman–Crippen LogP) is 5.44. The summed E-state index contributed by atoms with van der Waals surface area (Å²) in [5, 5.41) is 0. The molecule has 2 nitrogen and oxygen atoms in total. The third-order valence-electron chi connectivity index (χ3n) is 3.23. The van der Waals surface area contributed by atoms with Crippen molar-refractivity contribution in [2.75, 3.05) is 14.2 Å². The van der Waals surface area contributed by atoms with Gasteiger partial charge in [0.05, 0.1) is 14.2 Å². The van der Waals surface area contributed by atoms with Gasteiger partial charge in [-0.3, -0.25) is 0 Å². The first-order chi connectivity index (χ1) is 10.3. The molecule has 3 aromatic rings. The number of benzene rings is 2. The van der Waals surface area contributed by atoms with Crippen molar-refractivity contribution in [3.05, 3.63) is 54.6 Å². The smallest absolute Gasteiger partial charge is 0.301 e. The highest BCUT2D eigenvalue weighted by atomic mass is 32.9. The van der Waals surface area contributed by atoms with Crippen molar-refractivity contribution in [2.45, 2.75) is 0 Å². The van der Waals surface area contributed by atoms with E-state index in [0.29, 0.717) is 0 Å². The van der Waals surface area contributed by atoms with Gasteiger partial charge in [0.25, 0.3) is 4.88 Å². The second-order valence-corrected chi connectivity index (χ2v) is 6.68. The minimum atomic E-state index is 0.879. The molecule has 0 aliphatic rings. The molecule has 0 N–H and O–H groups in total. The van der Waals surface area contributed by atoms with E-state index in [-0.39, 0.29) is 0 Å². The highest BCUT2D eigenvalue weighted by molar-refractivity contribution is 7.72. The van der Waals surface area contributed by atoms with Crippen LogP contribution in [-0.4, -0.2) is 14.2 Å². The second-order valence-electron chi connectivity index (χ2n) is 4.47. The van der Waals surface area contributed by atoms with Crippen molar-refractivity contribution in [3.63, 3.8) is 0 Å². The van der Waals surface area contributed by atoms with Gasteiger partial charge in [-0.1, -0.05) is 12.1 Å². The van der Waals surface area contributed by atoms with Gasteiger partial charge in [-0.2, -0.15) is 0 Å². The Morgan fingerprint density at radius 2 is 1.67 bits per heavy atom. The maximum atomic E-state index is 5.44. The van der Waals surface area contributed by atoms with E-state index >= 15 is 0 Å². The summed E-state index contributed by atoms with van der Waals surface area (Å²) in [5.41, 5.74) is 2.35. The van der Waals surface area contributed by atoms with E-state index in [1.165, 1.54) is 15.3 Å². The van der Waals surface area contributed by atoms with Gasteiger partial charge in [-0.25, -0.2) is 0 Å². The number of para-hydroxylation sites is 1. The number of rotatable bonds is 4. The van der Waals surface area contributed by atoms with Crippen LogP contribution in [0.1, 0.15) is 0 Å². The summed E-state index contributed by atoms with van der Waals surface area (Å²) in [7, 11) is 6.93. The molecule has 106 valence electrons. The Balaban J connectivity index is 1.95. The van der Waals surface area contributed by atoms with Crippen LogP contribution in [-0.2, 0) is 0 Å². The normalized spacial score (nSPS) is 10.4. The molecule has 0 atom stereocenters. The summed E-state index contributed by atoms with van der Waals surface area (Å²) in [6, 6.07) is 18.5. The van der Waals surface area contributed by atoms with E-state index in [1.54, 1.807) is 34.9 Å². The fourth-order valence-electron chi connectivity index (χ4n) is 2.11. The van der Waals surface area contributed by atoms with Gasteiger partial charge in [0.1, 0.15) is 16.4 Å². The fourth-order valence-corrected chi connectivity index (χ4v) is 4.58. The van der Waals surface area contributed by atoms with Crippen molar-refractivity contribution in [2.24, 2.45) is 0 Å². The topological polar surface area (TPSA) is 18.5 Å². The number of hydrogen-bond acceptors (Lipinski definition) is 3. The van der Waals surface area contributed by atoms with Crippen molar-refractivity contribution in [1.82, 2.24) is 0 Å². The average molecular weight is 315 g/mol. The van der Waals surface area contributed by atoms with Gasteiger partial charge in [0.2, 0.25) is 0 Å². The molecule has 0 bridgehead atoms. The van der Waals surface area contributed by atoms with E-state index < -0.39 is 0 Å². The molecule has 2 aromatic carbocycles. The Labute approximate surface area is 131 Å². The number of ether oxygens (including phenoxy) is 2. The standard InChI is InChI=1S/C17H15O2S2/c1-18-13-9-7-12(8-10-13)16-11-17(21-20-16)14-5-3-4-6-15(14)19-2/h3-11H,1-2H3/q+1. The molecule has 0 aliphatic carbocycles. The zero-order valence-corrected chi connectivity index (χ0v) is 13.5. The lowest BCUT2D eigenvalue weighted by Crippen LogP contribution is -1.85. The van der Waals surface area contributed by atoms with E-state index in [9.17, 15) is 0 Å². The number of hydrogen-bond donors (Lipinski definition) is 0. The lowest BCUT2D eigenvalue weighted by Gasteiger charge is -2.03. The SMILES string of the molecule is COc1ccc(-c2cc(-c3ccccc3OC)s[s+]2)cc1. The van der Waals surface area contributed by atoms with E-state index in [4.69, 9.17) is 9.47 Å². The molecule has 0 saturated heterocycles. The highest BCUT2D eigenvalue weighted by Crippen LogP contribution is 2.40. The molecule has 0 unspecified atom stereocenters. The molecule has 0 fully saturated rings. The van der Waals surface area contributed by atoms with Crippen LogP contribution in [0.4, 0.5) is 0 Å². The lowest BCUT2D eigenvalue weighted by atomic mass is 10.1. The molecule has 0 radical (unpaired) electrons. The molecule has 0 spiro atoms. The van der Waals surface area contributed by atoms with Crippen LogP contribution in [0.15, 0.2) is 54.6 Å². The molecule has 0 amide bonds. The molecule has 1 heterocycles. The predicted molar refractivity (Wildman–Crippen MR) is 90.6 cm³/mol. The zero-order chi connectivity index (χ0) is 14.7. The quantitative estimate of drug-likeness (QED) is 0.471. The summed E-state index contributed by atoms with van der Waals surface area (Å²) in [5.74, 6) is 1.79. The maximum Gasteiger partial charge on any atom is 0.301 e. The first-order valence-electron chi connectivity index (χ1n) is 6.53. The average Bonchev–Trinajstić information content (AvgIpc) is 3.04. The molecular formula is C17H15O2S2+. The zero-order valence-electron chi connectivity index (χ0n) is 11.8. The summed E-state index contributed by atoms with van der Waals surface area (Å²) in [6.45, 7) is 0. The van der Waals surface area contributed by atoms with Gasteiger partial charge >= 0.3 is 10.3 Å². The van der Waals surface area contributed by atoms with Crippen molar-refractivity contribution < 1.29 is 9.47 Å². The Bertz CT molecular complexity index is 733. The summed E-state index contributed by atoms with van der Waals surface area (Å²) < 4.78 is 10.6. The minimum Gasteiger partial charge on any atom is -0.497 e. The molecule has 0 saturated carbocycles. The van der Waals surface area contributed by atoms with Crippen LogP contribution < -0.4 is 9.47 Å². The van der Waals surface area contributed by atoms with E-state index in [0.717, 1.165) is 17.1 Å². The van der Waals surface area contributed by atoms with Gasteiger partial charge in [0, 0.05) is 17.2 Å². The first kappa shape index (κ1) is 14.0. The Kier molecular flexibility index (Phi) is 4.18. The Hall–Kier alpha value is -1.91. The van der Waals surface area contributed by atoms with E-state index in [1.807, 2.05) is 30.3 Å². The number of methoxy groups -OCH3 is 2. The fraction of sp³-hybridized carbons (Fsp3) is 0.118. The maximum absolute atomic E-state index is 5.44. The van der Waals surface area contributed by atoms with Gasteiger partial charge in [-0.15, -0.1) is 0 Å². The van der Waals surface area contributed by atoms with Crippen molar-refractivity contribution >= 4 is 20.7 Å². The van der Waals surface area contributed by atoms with Gasteiger partial charge in [-0.05, 0) is 36.4 Å². The Morgan fingerprint density at radius 3 is 2.38 bits per heavy atom. The molecule has 1 aromatic heterocycles. The van der Waals surface area contributed by atoms with Gasteiger partial charge < -0.3 is 9.47 Å². The molecule has 21 heavy (non-hydrogen) atoms. The largest absolute Gasteiger partial charge is 0.497 e. The van der Waals surface area contributed by atoms with E-state index in [2.05, 4.69) is 24.3 Å².